The van der Waals surface area contributed by atoms with Gasteiger partial charge in [-0.1, -0.05) is 237 Å². The minimum Gasteiger partial charge on any atom is -0.310 e. The van der Waals surface area contributed by atoms with E-state index in [9.17, 15) is 0 Å². The number of fused-ring (bicyclic) bond motifs is 6. The van der Waals surface area contributed by atoms with Crippen LogP contribution < -0.4 is 4.90 Å². The van der Waals surface area contributed by atoms with Crippen molar-refractivity contribution in [3.8, 4) is 61.3 Å². The largest absolute Gasteiger partial charge is 0.310 e. The fraction of sp³-hybridized carbons (Fsp3) is 0. The molecule has 1 aromatic heterocycles. The Balaban J connectivity index is 0.970. The van der Waals surface area contributed by atoms with Gasteiger partial charge >= 0.3 is 0 Å². The summed E-state index contributed by atoms with van der Waals surface area (Å²) in [4.78, 5) is 2.41. The number of anilines is 3. The molecule has 0 saturated heterocycles. The summed E-state index contributed by atoms with van der Waals surface area (Å²) in [5.41, 5.74) is 18.6. The molecule has 328 valence electrons. The summed E-state index contributed by atoms with van der Waals surface area (Å²) in [5, 5.41) is 7.50. The third-order valence-electron chi connectivity index (χ3n) is 14.0. The molecule has 0 unspecified atom stereocenters. The number of nitrogens with zero attached hydrogens (tertiary/aromatic N) is 2. The van der Waals surface area contributed by atoms with Gasteiger partial charge in [-0.15, -0.1) is 0 Å². The van der Waals surface area contributed by atoms with E-state index in [4.69, 9.17) is 0 Å². The van der Waals surface area contributed by atoms with Gasteiger partial charge in [0.1, 0.15) is 0 Å². The molecule has 2 nitrogen and oxygen atoms in total. The quantitative estimate of drug-likeness (QED) is 0.140. The maximum absolute atomic E-state index is 2.51. The van der Waals surface area contributed by atoms with Crippen LogP contribution >= 0.6 is 0 Å². The lowest BCUT2D eigenvalue weighted by Gasteiger charge is -2.28. The highest BCUT2D eigenvalue weighted by Gasteiger charge is 2.23. The highest BCUT2D eigenvalue weighted by Crippen LogP contribution is 2.46. The average molecular weight is 891 g/mol. The van der Waals surface area contributed by atoms with Gasteiger partial charge in [0.05, 0.1) is 22.4 Å². The molecule has 13 aromatic rings. The van der Waals surface area contributed by atoms with Gasteiger partial charge in [-0.3, -0.25) is 0 Å². The second-order valence-corrected chi connectivity index (χ2v) is 18.0. The zero-order chi connectivity index (χ0) is 46.4. The van der Waals surface area contributed by atoms with Gasteiger partial charge in [-0.25, -0.2) is 0 Å². The first-order valence-corrected chi connectivity index (χ1v) is 24.1. The summed E-state index contributed by atoms with van der Waals surface area (Å²) < 4.78 is 2.51. The van der Waals surface area contributed by atoms with E-state index in [0.717, 1.165) is 39.4 Å². The van der Waals surface area contributed by atoms with E-state index in [-0.39, 0.29) is 0 Å². The summed E-state index contributed by atoms with van der Waals surface area (Å²) in [6.07, 6.45) is 0. The van der Waals surface area contributed by atoms with Crippen molar-refractivity contribution in [1.82, 2.24) is 4.57 Å². The predicted molar refractivity (Wildman–Crippen MR) is 298 cm³/mol. The number of para-hydroxylation sites is 3. The number of aromatic nitrogens is 1. The van der Waals surface area contributed by atoms with E-state index < -0.39 is 0 Å². The summed E-state index contributed by atoms with van der Waals surface area (Å²) >= 11 is 0. The maximum Gasteiger partial charge on any atom is 0.0618 e. The van der Waals surface area contributed by atoms with Crippen molar-refractivity contribution in [3.63, 3.8) is 0 Å². The molecule has 0 saturated carbocycles. The smallest absolute Gasteiger partial charge is 0.0618 e. The number of hydrogen-bond donors (Lipinski definition) is 0. The third kappa shape index (κ3) is 7.05. The minimum atomic E-state index is 1.07. The monoisotopic (exact) mass is 890 g/mol. The topological polar surface area (TPSA) is 8.17 Å². The summed E-state index contributed by atoms with van der Waals surface area (Å²) in [6, 6.07) is 102. The molecule has 0 aliphatic heterocycles. The van der Waals surface area contributed by atoms with E-state index in [1.54, 1.807) is 0 Å². The van der Waals surface area contributed by atoms with Crippen LogP contribution in [0.1, 0.15) is 0 Å². The fourth-order valence-electron chi connectivity index (χ4n) is 10.8. The molecule has 0 spiro atoms. The van der Waals surface area contributed by atoms with Crippen LogP contribution in [0.2, 0.25) is 0 Å². The van der Waals surface area contributed by atoms with Crippen molar-refractivity contribution >= 4 is 60.4 Å². The van der Waals surface area contributed by atoms with Crippen molar-refractivity contribution in [3.05, 3.63) is 279 Å². The van der Waals surface area contributed by atoms with Crippen LogP contribution in [0.25, 0.3) is 105 Å². The zero-order valence-corrected chi connectivity index (χ0v) is 38.5. The molecule has 13 rings (SSSR count). The average Bonchev–Trinajstić information content (AvgIpc) is 3.78. The molecule has 0 atom stereocenters. The molecule has 2 heteroatoms. The second-order valence-electron chi connectivity index (χ2n) is 18.0. The first kappa shape index (κ1) is 41.0. The molecule has 1 heterocycles. The molecular formula is C68H46N2. The van der Waals surface area contributed by atoms with Crippen molar-refractivity contribution in [2.75, 3.05) is 4.90 Å². The minimum absolute atomic E-state index is 1.07. The van der Waals surface area contributed by atoms with Crippen molar-refractivity contribution in [1.29, 1.82) is 0 Å². The lowest BCUT2D eigenvalue weighted by Crippen LogP contribution is -2.11. The number of rotatable bonds is 9. The predicted octanol–water partition coefficient (Wildman–Crippen LogP) is 18.9. The van der Waals surface area contributed by atoms with Crippen LogP contribution in [0.3, 0.4) is 0 Å². The summed E-state index contributed by atoms with van der Waals surface area (Å²) in [5.74, 6) is 0. The second kappa shape index (κ2) is 17.4. The van der Waals surface area contributed by atoms with Crippen LogP contribution in [0.5, 0.6) is 0 Å². The summed E-state index contributed by atoms with van der Waals surface area (Å²) in [6.45, 7) is 0. The van der Waals surface area contributed by atoms with Gasteiger partial charge in [0, 0.05) is 38.8 Å². The molecule has 0 radical (unpaired) electrons. The van der Waals surface area contributed by atoms with E-state index in [1.165, 1.54) is 82.3 Å². The molecule has 0 amide bonds. The molecule has 0 N–H and O–H groups in total. The Morgan fingerprint density at radius 3 is 1.27 bits per heavy atom. The van der Waals surface area contributed by atoms with Crippen molar-refractivity contribution in [2.45, 2.75) is 0 Å². The van der Waals surface area contributed by atoms with E-state index in [1.807, 2.05) is 0 Å². The van der Waals surface area contributed by atoms with E-state index >= 15 is 0 Å². The van der Waals surface area contributed by atoms with Gasteiger partial charge in [-0.2, -0.15) is 0 Å². The number of benzene rings is 12. The lowest BCUT2D eigenvalue weighted by atomic mass is 9.92. The molecule has 0 aliphatic rings. The molecule has 0 aliphatic carbocycles. The fourth-order valence-corrected chi connectivity index (χ4v) is 10.8. The molecule has 0 fully saturated rings. The van der Waals surface area contributed by atoms with E-state index in [0.29, 0.717) is 0 Å². The molecule has 12 aromatic carbocycles. The van der Waals surface area contributed by atoms with Crippen molar-refractivity contribution in [2.24, 2.45) is 0 Å². The Hall–Kier alpha value is -9.24. The van der Waals surface area contributed by atoms with Gasteiger partial charge in [0.15, 0.2) is 0 Å². The van der Waals surface area contributed by atoms with Gasteiger partial charge in [0.2, 0.25) is 0 Å². The normalized spacial score (nSPS) is 11.4. The Kier molecular flexibility index (Phi) is 10.2. The van der Waals surface area contributed by atoms with Crippen LogP contribution in [-0.2, 0) is 0 Å². The highest BCUT2D eigenvalue weighted by atomic mass is 15.1. The first-order chi connectivity index (χ1) is 34.8. The van der Waals surface area contributed by atoms with Crippen molar-refractivity contribution < 1.29 is 0 Å². The Morgan fingerprint density at radius 2 is 0.671 bits per heavy atom. The molecule has 70 heavy (non-hydrogen) atoms. The number of hydrogen-bond acceptors (Lipinski definition) is 1. The van der Waals surface area contributed by atoms with Crippen LogP contribution in [0.15, 0.2) is 279 Å². The van der Waals surface area contributed by atoms with Gasteiger partial charge in [0.25, 0.3) is 0 Å². The maximum atomic E-state index is 2.51. The highest BCUT2D eigenvalue weighted by molar-refractivity contribution is 6.22. The standard InChI is InChI=1S/C68H46N2/c1-4-19-47(20-5-1)55-44-45-56(62-29-13-12-28-61(55)62)51-35-40-53(41-36-51)69(64-33-16-14-26-57(64)48-21-6-2-7-22-48)54-42-37-52(38-43-54)60-32-18-31-59(49-23-8-3-9-24-49)68(60)70-65-34-17-15-30-63(65)67-58-27-11-10-25-50(58)39-46-66(67)70/h1-46H. The first-order valence-electron chi connectivity index (χ1n) is 24.1. The van der Waals surface area contributed by atoms with Gasteiger partial charge in [-0.05, 0) is 103 Å². The molecular weight excluding hydrogens is 845 g/mol. The van der Waals surface area contributed by atoms with E-state index in [2.05, 4.69) is 289 Å². The SMILES string of the molecule is c1ccc(-c2ccccc2N(c2ccc(-c3cccc(-c4ccccc4)c3-n3c4ccccc4c4c5ccccc5ccc43)cc2)c2ccc(-c3ccc(-c4ccccc4)c4ccccc34)cc2)cc1. The van der Waals surface area contributed by atoms with Crippen LogP contribution in [0.4, 0.5) is 17.1 Å². The Bertz CT molecular complexity index is 4020. The Labute approximate surface area is 408 Å². The summed E-state index contributed by atoms with van der Waals surface area (Å²) in [7, 11) is 0. The van der Waals surface area contributed by atoms with Crippen LogP contribution in [0, 0.1) is 0 Å². The molecule has 0 bridgehead atoms. The zero-order valence-electron chi connectivity index (χ0n) is 38.5. The lowest BCUT2D eigenvalue weighted by molar-refractivity contribution is 1.18. The third-order valence-corrected chi connectivity index (χ3v) is 14.0. The van der Waals surface area contributed by atoms with Crippen LogP contribution in [-0.4, -0.2) is 4.57 Å². The Morgan fingerprint density at radius 1 is 0.243 bits per heavy atom. The van der Waals surface area contributed by atoms with Gasteiger partial charge < -0.3 is 9.47 Å².